The van der Waals surface area contributed by atoms with Gasteiger partial charge in [0, 0.05) is 34.9 Å². The number of pyridine rings is 3. The average Bonchev–Trinajstić information content (AvgIpc) is 3.44. The monoisotopic (exact) mass is 394 g/mol. The highest BCUT2D eigenvalue weighted by Gasteiger charge is 2.43. The van der Waals surface area contributed by atoms with Crippen LogP contribution in [-0.2, 0) is 4.79 Å². The lowest BCUT2D eigenvalue weighted by atomic mass is 10.0. The van der Waals surface area contributed by atoms with Gasteiger partial charge in [0.15, 0.2) is 0 Å². The number of rotatable bonds is 6. The van der Waals surface area contributed by atoms with Gasteiger partial charge in [-0.25, -0.2) is 9.37 Å². The van der Waals surface area contributed by atoms with Crippen LogP contribution in [-0.4, -0.2) is 32.1 Å². The van der Waals surface area contributed by atoms with Crippen molar-refractivity contribution in [2.45, 2.75) is 45.4 Å². The van der Waals surface area contributed by atoms with Gasteiger partial charge < -0.3 is 10.4 Å². The van der Waals surface area contributed by atoms with E-state index in [2.05, 4.69) is 20.3 Å². The minimum Gasteiger partial charge on any atom is -0.387 e. The second-order valence-corrected chi connectivity index (χ2v) is 7.56. The van der Waals surface area contributed by atoms with Crippen LogP contribution >= 0.6 is 0 Å². The minimum atomic E-state index is -1.04. The number of aryl methyl sites for hydroxylation is 1. The van der Waals surface area contributed by atoms with Crippen LogP contribution in [0.15, 0.2) is 36.8 Å². The summed E-state index contributed by atoms with van der Waals surface area (Å²) in [6.45, 7) is 4.00. The number of nitrogens with one attached hydrogen (secondary N) is 1. The Morgan fingerprint density at radius 1 is 1.21 bits per heavy atom. The summed E-state index contributed by atoms with van der Waals surface area (Å²) in [6.07, 6.45) is 5.38. The molecule has 2 N–H and O–H groups in total. The van der Waals surface area contributed by atoms with Crippen molar-refractivity contribution in [3.05, 3.63) is 48.0 Å². The van der Waals surface area contributed by atoms with Crippen molar-refractivity contribution in [1.29, 1.82) is 0 Å². The fourth-order valence-electron chi connectivity index (χ4n) is 3.36. The lowest BCUT2D eigenvalue weighted by Gasteiger charge is -2.12. The van der Waals surface area contributed by atoms with E-state index in [0.29, 0.717) is 17.9 Å². The summed E-state index contributed by atoms with van der Waals surface area (Å²) in [6, 6.07) is 5.54. The molecule has 3 aromatic heterocycles. The maximum Gasteiger partial charge on any atom is 0.231 e. The maximum atomic E-state index is 13.0. The van der Waals surface area contributed by atoms with E-state index in [-0.39, 0.29) is 12.3 Å². The summed E-state index contributed by atoms with van der Waals surface area (Å²) in [5.41, 5.74) is 3.30. The third-order valence-electron chi connectivity index (χ3n) is 5.22. The fraction of sp³-hybridized carbons (Fsp3) is 0.364. The van der Waals surface area contributed by atoms with E-state index < -0.39 is 18.2 Å². The van der Waals surface area contributed by atoms with Gasteiger partial charge in [-0.3, -0.25) is 14.8 Å². The zero-order valence-electron chi connectivity index (χ0n) is 16.4. The van der Waals surface area contributed by atoms with E-state index in [9.17, 15) is 14.3 Å². The largest absolute Gasteiger partial charge is 0.387 e. The van der Waals surface area contributed by atoms with Gasteiger partial charge in [-0.1, -0.05) is 13.3 Å². The number of aliphatic hydroxyl groups is 1. The predicted molar refractivity (Wildman–Crippen MR) is 109 cm³/mol. The van der Waals surface area contributed by atoms with Gasteiger partial charge in [0.05, 0.1) is 23.4 Å². The first kappa shape index (κ1) is 19.4. The Labute approximate surface area is 168 Å². The number of hydrogen-bond donors (Lipinski definition) is 2. The fourth-order valence-corrected chi connectivity index (χ4v) is 3.36. The molecule has 1 aliphatic rings. The number of alkyl halides is 1. The van der Waals surface area contributed by atoms with Crippen molar-refractivity contribution in [3.8, 4) is 11.3 Å². The summed E-state index contributed by atoms with van der Waals surface area (Å²) in [7, 11) is 0. The van der Waals surface area contributed by atoms with Crippen LogP contribution in [0.1, 0.15) is 43.5 Å². The number of carbonyl (C=O) groups excluding carboxylic acids is 1. The number of carbonyl (C=O) groups is 1. The molecule has 4 rings (SSSR count). The molecule has 3 atom stereocenters. The minimum absolute atomic E-state index is 0.284. The lowest BCUT2D eigenvalue weighted by molar-refractivity contribution is -0.117. The van der Waals surface area contributed by atoms with Gasteiger partial charge in [-0.05, 0) is 43.5 Å². The van der Waals surface area contributed by atoms with Crippen LogP contribution in [0.4, 0.5) is 10.2 Å². The van der Waals surface area contributed by atoms with Gasteiger partial charge in [0.25, 0.3) is 0 Å². The number of amides is 1. The van der Waals surface area contributed by atoms with E-state index in [4.69, 9.17) is 0 Å². The summed E-state index contributed by atoms with van der Waals surface area (Å²) >= 11 is 0. The zero-order valence-corrected chi connectivity index (χ0v) is 16.4. The predicted octanol–water partition coefficient (Wildman–Crippen LogP) is 4.13. The molecule has 1 aliphatic carbocycles. The molecular weight excluding hydrogens is 371 g/mol. The molecule has 1 amide bonds. The van der Waals surface area contributed by atoms with E-state index in [0.717, 1.165) is 34.0 Å². The molecule has 3 aromatic rings. The summed E-state index contributed by atoms with van der Waals surface area (Å²) < 4.78 is 13.0. The van der Waals surface area contributed by atoms with Crippen LogP contribution in [0, 0.1) is 12.8 Å². The number of anilines is 1. The van der Waals surface area contributed by atoms with Crippen LogP contribution in [0.2, 0.25) is 0 Å². The first-order chi connectivity index (χ1) is 14.0. The Morgan fingerprint density at radius 3 is 2.62 bits per heavy atom. The van der Waals surface area contributed by atoms with E-state index in [1.165, 1.54) is 0 Å². The average molecular weight is 394 g/mol. The highest BCUT2D eigenvalue weighted by Crippen LogP contribution is 2.34. The highest BCUT2D eigenvalue weighted by atomic mass is 19.1. The topological polar surface area (TPSA) is 88.0 Å². The first-order valence-corrected chi connectivity index (χ1v) is 9.82. The van der Waals surface area contributed by atoms with Crippen molar-refractivity contribution < 1.29 is 14.3 Å². The quantitative estimate of drug-likeness (QED) is 0.656. The number of fused-ring (bicyclic) bond motifs is 1. The molecule has 7 heteroatoms. The summed E-state index contributed by atoms with van der Waals surface area (Å²) in [5.74, 6) is -0.494. The molecule has 3 heterocycles. The SMILES string of the molecule is CCC[C@@H](O)c1cc(C)c(-c2cc3cnc(NC(=O)[C@@H]4C[C@@H]4F)cc3cn2)cn1. The van der Waals surface area contributed by atoms with Crippen LogP contribution in [0.25, 0.3) is 22.0 Å². The molecule has 0 aliphatic heterocycles. The number of nitrogens with zero attached hydrogens (tertiary/aromatic N) is 3. The Bertz CT molecular complexity index is 1070. The Morgan fingerprint density at radius 2 is 1.93 bits per heavy atom. The van der Waals surface area contributed by atoms with Gasteiger partial charge >= 0.3 is 0 Å². The van der Waals surface area contributed by atoms with Crippen molar-refractivity contribution in [2.75, 3.05) is 5.32 Å². The van der Waals surface area contributed by atoms with Gasteiger partial charge in [-0.2, -0.15) is 0 Å². The standard InChI is InChI=1S/C22H23FN4O2/c1-3-4-20(28)19-5-12(2)16(11-25-19)18-6-13-10-26-21(7-14(13)9-24-18)27-22(29)15-8-17(15)23/h5-7,9-11,15,17,20,28H,3-4,8H2,1-2H3,(H,26,27,29)/t15-,17+,20-/m1/s1. The molecule has 0 bridgehead atoms. The lowest BCUT2D eigenvalue weighted by Crippen LogP contribution is -2.15. The molecule has 1 fully saturated rings. The van der Waals surface area contributed by atoms with Crippen LogP contribution in [0.3, 0.4) is 0 Å². The van der Waals surface area contributed by atoms with Gasteiger partial charge in [0.1, 0.15) is 12.0 Å². The molecule has 0 aromatic carbocycles. The molecular formula is C22H23FN4O2. The van der Waals surface area contributed by atoms with Gasteiger partial charge in [-0.15, -0.1) is 0 Å². The number of hydrogen-bond acceptors (Lipinski definition) is 5. The second kappa shape index (κ2) is 7.83. The van der Waals surface area contributed by atoms with Crippen LogP contribution in [0.5, 0.6) is 0 Å². The number of halogens is 1. The highest BCUT2D eigenvalue weighted by molar-refractivity contribution is 5.96. The second-order valence-electron chi connectivity index (χ2n) is 7.56. The third kappa shape index (κ3) is 4.10. The maximum absolute atomic E-state index is 13.0. The van der Waals surface area contributed by atoms with Crippen molar-refractivity contribution >= 4 is 22.5 Å². The van der Waals surface area contributed by atoms with E-state index in [1.54, 1.807) is 24.7 Å². The Kier molecular flexibility index (Phi) is 5.24. The number of aromatic nitrogens is 3. The van der Waals surface area contributed by atoms with Crippen molar-refractivity contribution in [1.82, 2.24) is 15.0 Å². The summed E-state index contributed by atoms with van der Waals surface area (Å²) in [5, 5.41) is 14.5. The van der Waals surface area contributed by atoms with Crippen molar-refractivity contribution in [2.24, 2.45) is 5.92 Å². The molecule has 0 saturated heterocycles. The van der Waals surface area contributed by atoms with E-state index >= 15 is 0 Å². The molecule has 0 spiro atoms. The number of aliphatic hydroxyl groups excluding tert-OH is 1. The van der Waals surface area contributed by atoms with Crippen molar-refractivity contribution in [3.63, 3.8) is 0 Å². The summed E-state index contributed by atoms with van der Waals surface area (Å²) in [4.78, 5) is 25.1. The molecule has 0 radical (unpaired) electrons. The zero-order chi connectivity index (χ0) is 20.5. The molecule has 1 saturated carbocycles. The third-order valence-corrected chi connectivity index (χ3v) is 5.22. The molecule has 0 unspecified atom stereocenters. The molecule has 6 nitrogen and oxygen atoms in total. The molecule has 150 valence electrons. The van der Waals surface area contributed by atoms with E-state index in [1.807, 2.05) is 26.0 Å². The Balaban J connectivity index is 1.57. The van der Waals surface area contributed by atoms with Gasteiger partial charge in [0.2, 0.25) is 5.91 Å². The Hall–Kier alpha value is -2.93. The smallest absolute Gasteiger partial charge is 0.231 e. The molecule has 29 heavy (non-hydrogen) atoms. The normalized spacial score (nSPS) is 19.2. The van der Waals surface area contributed by atoms with Crippen LogP contribution < -0.4 is 5.32 Å². The first-order valence-electron chi connectivity index (χ1n) is 9.82.